The fraction of sp³-hybridized carbons (Fsp3) is 0.333. The second-order valence-electron chi connectivity index (χ2n) is 10.8. The molecule has 2 saturated carbocycles. The molecule has 0 bridgehead atoms. The van der Waals surface area contributed by atoms with Gasteiger partial charge in [0.25, 0.3) is 5.91 Å². The van der Waals surface area contributed by atoms with E-state index in [2.05, 4.69) is 29.0 Å². The molecule has 3 heterocycles. The van der Waals surface area contributed by atoms with Crippen molar-refractivity contribution in [2.24, 2.45) is 5.92 Å². The Kier molecular flexibility index (Phi) is 5.15. The lowest BCUT2D eigenvalue weighted by Gasteiger charge is -2.35. The van der Waals surface area contributed by atoms with Gasteiger partial charge in [-0.1, -0.05) is 30.3 Å². The predicted octanol–water partition coefficient (Wildman–Crippen LogP) is 5.36. The molecule has 1 unspecified atom stereocenters. The van der Waals surface area contributed by atoms with Crippen LogP contribution in [0, 0.1) is 11.7 Å². The summed E-state index contributed by atoms with van der Waals surface area (Å²) >= 11 is 0. The van der Waals surface area contributed by atoms with Gasteiger partial charge in [-0.15, -0.1) is 0 Å². The first-order valence-corrected chi connectivity index (χ1v) is 13.2. The third-order valence-electron chi connectivity index (χ3n) is 8.35. The predicted molar refractivity (Wildman–Crippen MR) is 138 cm³/mol. The van der Waals surface area contributed by atoms with Crippen molar-refractivity contribution in [2.75, 3.05) is 6.54 Å². The van der Waals surface area contributed by atoms with Crippen LogP contribution >= 0.6 is 0 Å². The van der Waals surface area contributed by atoms with E-state index < -0.39 is 17.7 Å². The largest absolute Gasteiger partial charge is 0.481 e. The fourth-order valence-corrected chi connectivity index (χ4v) is 5.92. The van der Waals surface area contributed by atoms with Crippen LogP contribution in [-0.2, 0) is 11.2 Å². The lowest BCUT2D eigenvalue weighted by Crippen LogP contribution is -2.39. The fourth-order valence-electron chi connectivity index (χ4n) is 5.92. The molecule has 1 N–H and O–H groups in total. The number of hydrogen-bond donors (Lipinski definition) is 1. The van der Waals surface area contributed by atoms with E-state index in [0.717, 1.165) is 25.0 Å². The molecule has 0 saturated heterocycles. The van der Waals surface area contributed by atoms with Gasteiger partial charge >= 0.3 is 5.97 Å². The molecule has 0 spiro atoms. The first-order valence-electron chi connectivity index (χ1n) is 13.2. The maximum absolute atomic E-state index is 15.2. The van der Waals surface area contributed by atoms with Crippen LogP contribution < -0.4 is 0 Å². The quantitative estimate of drug-likeness (QED) is 0.391. The van der Waals surface area contributed by atoms with Crippen LogP contribution in [0.2, 0.25) is 0 Å². The Labute approximate surface area is 219 Å². The van der Waals surface area contributed by atoms with Crippen LogP contribution in [0.4, 0.5) is 4.39 Å². The standard InChI is InChI=1S/C30H27FN4O3/c1-16-20-5-3-2-4-17(20)10-11-34(16)28(36)25-14-27(18-6-7-18)35-15-26(33-30(35)32-25)21-9-8-19(12-24(21)31)22-13-23(22)29(37)38/h2-5,8-9,12,14-16,18,22-23H,6-7,10-11,13H2,1H3,(H,37,38)/t16-,22?,23+/m1/s1. The van der Waals surface area contributed by atoms with Crippen molar-refractivity contribution >= 4 is 17.7 Å². The van der Waals surface area contributed by atoms with E-state index in [9.17, 15) is 14.7 Å². The SMILES string of the molecule is C[C@@H]1c2ccccc2CCN1C(=O)c1cc(C2CC2)n2cc(-c3ccc(C4C[C@@H]4C(=O)O)cc3F)nc2n1. The van der Waals surface area contributed by atoms with E-state index in [0.29, 0.717) is 47.2 Å². The molecule has 1 amide bonds. The van der Waals surface area contributed by atoms with Crippen molar-refractivity contribution in [3.8, 4) is 11.3 Å². The van der Waals surface area contributed by atoms with Gasteiger partial charge in [-0.2, -0.15) is 0 Å². The molecule has 4 aromatic rings. The molecule has 7 nitrogen and oxygen atoms in total. The molecular formula is C30H27FN4O3. The number of fused-ring (bicyclic) bond motifs is 2. The summed E-state index contributed by atoms with van der Waals surface area (Å²) in [5.74, 6) is -1.27. The lowest BCUT2D eigenvalue weighted by molar-refractivity contribution is -0.138. The summed E-state index contributed by atoms with van der Waals surface area (Å²) in [4.78, 5) is 36.1. The Morgan fingerprint density at radius 3 is 2.63 bits per heavy atom. The molecule has 1 aliphatic heterocycles. The maximum Gasteiger partial charge on any atom is 0.307 e. The van der Waals surface area contributed by atoms with Gasteiger partial charge in [0, 0.05) is 24.0 Å². The number of carboxylic acid groups (broad SMARTS) is 1. The van der Waals surface area contributed by atoms with Crippen molar-refractivity contribution in [3.05, 3.63) is 88.6 Å². The third kappa shape index (κ3) is 3.78. The highest BCUT2D eigenvalue weighted by atomic mass is 19.1. The molecule has 192 valence electrons. The Bertz CT molecular complexity index is 1630. The molecule has 2 aliphatic carbocycles. The van der Waals surface area contributed by atoms with Gasteiger partial charge in [-0.3, -0.25) is 14.0 Å². The van der Waals surface area contributed by atoms with Gasteiger partial charge in [0.15, 0.2) is 0 Å². The zero-order chi connectivity index (χ0) is 26.1. The number of aromatic nitrogens is 3. The summed E-state index contributed by atoms with van der Waals surface area (Å²) in [6.45, 7) is 2.68. The lowest BCUT2D eigenvalue weighted by atomic mass is 9.93. The number of aliphatic carboxylic acids is 1. The van der Waals surface area contributed by atoms with E-state index >= 15 is 4.39 Å². The molecule has 3 aliphatic rings. The van der Waals surface area contributed by atoms with Crippen molar-refractivity contribution < 1.29 is 19.1 Å². The smallest absolute Gasteiger partial charge is 0.307 e. The molecule has 0 radical (unpaired) electrons. The Balaban J connectivity index is 1.23. The highest BCUT2D eigenvalue weighted by molar-refractivity contribution is 5.93. The summed E-state index contributed by atoms with van der Waals surface area (Å²) < 4.78 is 17.1. The Hall–Kier alpha value is -4.07. The molecule has 2 aromatic carbocycles. The molecule has 3 atom stereocenters. The maximum atomic E-state index is 15.2. The average Bonchev–Trinajstić information content (AvgIpc) is 3.84. The van der Waals surface area contributed by atoms with Crippen LogP contribution in [0.1, 0.15) is 76.9 Å². The summed E-state index contributed by atoms with van der Waals surface area (Å²) in [6.07, 6.45) is 5.20. The number of amides is 1. The van der Waals surface area contributed by atoms with Gasteiger partial charge in [0.1, 0.15) is 11.5 Å². The van der Waals surface area contributed by atoms with Gasteiger partial charge < -0.3 is 10.0 Å². The van der Waals surface area contributed by atoms with Gasteiger partial charge in [0.05, 0.1) is 17.7 Å². The number of nitrogens with zero attached hydrogens (tertiary/aromatic N) is 4. The minimum atomic E-state index is -0.841. The van der Waals surface area contributed by atoms with Crippen molar-refractivity contribution in [3.63, 3.8) is 0 Å². The van der Waals surface area contributed by atoms with Crippen LogP contribution in [0.3, 0.4) is 0 Å². The number of imidazole rings is 1. The number of carbonyl (C=O) groups is 2. The normalized spacial score (nSPS) is 22.4. The minimum absolute atomic E-state index is 0.0510. The summed E-state index contributed by atoms with van der Waals surface area (Å²) in [7, 11) is 0. The second-order valence-corrected chi connectivity index (χ2v) is 10.8. The zero-order valence-electron chi connectivity index (χ0n) is 21.0. The zero-order valence-corrected chi connectivity index (χ0v) is 21.0. The number of carboxylic acids is 1. The van der Waals surface area contributed by atoms with Crippen LogP contribution in [0.15, 0.2) is 54.7 Å². The number of rotatable bonds is 5. The number of carbonyl (C=O) groups excluding carboxylic acids is 1. The van der Waals surface area contributed by atoms with Gasteiger partial charge in [-0.05, 0) is 79.3 Å². The molecule has 7 rings (SSSR count). The number of halogens is 1. The van der Waals surface area contributed by atoms with E-state index in [1.165, 1.54) is 17.2 Å². The highest BCUT2D eigenvalue weighted by Crippen LogP contribution is 2.48. The van der Waals surface area contributed by atoms with E-state index in [1.807, 2.05) is 27.5 Å². The first-order chi connectivity index (χ1) is 18.4. The second kappa shape index (κ2) is 8.48. The first kappa shape index (κ1) is 23.1. The van der Waals surface area contributed by atoms with Gasteiger partial charge in [0.2, 0.25) is 5.78 Å². The summed E-state index contributed by atoms with van der Waals surface area (Å²) in [6, 6.07) is 14.9. The molecule has 38 heavy (non-hydrogen) atoms. The van der Waals surface area contributed by atoms with Crippen LogP contribution in [0.25, 0.3) is 17.0 Å². The van der Waals surface area contributed by atoms with Crippen molar-refractivity contribution in [2.45, 2.75) is 50.5 Å². The Morgan fingerprint density at radius 2 is 1.89 bits per heavy atom. The highest BCUT2D eigenvalue weighted by Gasteiger charge is 2.44. The third-order valence-corrected chi connectivity index (χ3v) is 8.35. The summed E-state index contributed by atoms with van der Waals surface area (Å²) in [5, 5.41) is 9.21. The molecule has 2 fully saturated rings. The van der Waals surface area contributed by atoms with E-state index in [-0.39, 0.29) is 17.9 Å². The topological polar surface area (TPSA) is 87.8 Å². The number of benzene rings is 2. The van der Waals surface area contributed by atoms with Crippen LogP contribution in [-0.4, -0.2) is 42.8 Å². The van der Waals surface area contributed by atoms with Crippen LogP contribution in [0.5, 0.6) is 0 Å². The number of hydrogen-bond acceptors (Lipinski definition) is 4. The average molecular weight is 511 g/mol. The minimum Gasteiger partial charge on any atom is -0.481 e. The molecular weight excluding hydrogens is 483 g/mol. The monoisotopic (exact) mass is 510 g/mol. The summed E-state index contributed by atoms with van der Waals surface area (Å²) in [5.41, 5.74) is 5.26. The van der Waals surface area contributed by atoms with E-state index in [1.54, 1.807) is 18.3 Å². The molecule has 8 heteroatoms. The van der Waals surface area contributed by atoms with Gasteiger partial charge in [-0.25, -0.2) is 14.4 Å². The molecule has 2 aromatic heterocycles. The van der Waals surface area contributed by atoms with Crippen molar-refractivity contribution in [1.82, 2.24) is 19.3 Å². The van der Waals surface area contributed by atoms with E-state index in [4.69, 9.17) is 0 Å². The Morgan fingerprint density at radius 1 is 1.08 bits per heavy atom. The van der Waals surface area contributed by atoms with Crippen molar-refractivity contribution in [1.29, 1.82) is 0 Å².